The number of ether oxygens (including phenoxy) is 3. The van der Waals surface area contributed by atoms with Crippen molar-refractivity contribution in [2.24, 2.45) is 4.99 Å². The van der Waals surface area contributed by atoms with E-state index in [4.69, 9.17) is 23.7 Å². The van der Waals surface area contributed by atoms with E-state index in [0.29, 0.717) is 30.3 Å². The summed E-state index contributed by atoms with van der Waals surface area (Å²) in [7, 11) is 4.80. The van der Waals surface area contributed by atoms with Crippen molar-refractivity contribution in [3.05, 3.63) is 34.7 Å². The van der Waals surface area contributed by atoms with E-state index in [9.17, 15) is 0 Å². The second-order valence-corrected chi connectivity index (χ2v) is 6.75. The minimum Gasteiger partial charge on any atom is -0.493 e. The summed E-state index contributed by atoms with van der Waals surface area (Å²) < 4.78 is 21.5. The summed E-state index contributed by atoms with van der Waals surface area (Å²) in [6.07, 6.45) is 0. The number of nitrogens with one attached hydrogen (secondary N) is 2. The van der Waals surface area contributed by atoms with E-state index in [2.05, 4.69) is 22.7 Å². The Balaban J connectivity index is 0.00000450. The third kappa shape index (κ3) is 6.41. The molecule has 1 aromatic heterocycles. The predicted molar refractivity (Wildman–Crippen MR) is 129 cm³/mol. The highest BCUT2D eigenvalue weighted by Gasteiger charge is 2.17. The van der Waals surface area contributed by atoms with Crippen LogP contribution >= 0.6 is 24.0 Å². The van der Waals surface area contributed by atoms with E-state index >= 15 is 0 Å². The van der Waals surface area contributed by atoms with Crippen LogP contribution in [0.2, 0.25) is 0 Å². The second-order valence-electron chi connectivity index (χ2n) is 6.75. The lowest BCUT2D eigenvalue weighted by atomic mass is 10.00. The minimum absolute atomic E-state index is 0. The summed E-state index contributed by atoms with van der Waals surface area (Å²) in [6.45, 7) is 10.0. The SMILES string of the molecule is CCNC(=NCc1cc(OC)c(OC)c(OC)c1)NCC(C)c1c(C)noc1C.I. The molecule has 9 heteroatoms. The number of aromatic nitrogens is 1. The normalized spacial score (nSPS) is 12.0. The highest BCUT2D eigenvalue weighted by molar-refractivity contribution is 14.0. The van der Waals surface area contributed by atoms with Crippen molar-refractivity contribution >= 4 is 29.9 Å². The van der Waals surface area contributed by atoms with Gasteiger partial charge in [0.15, 0.2) is 17.5 Å². The molecule has 2 rings (SSSR count). The predicted octanol–water partition coefficient (Wildman–Crippen LogP) is 3.79. The molecule has 0 aliphatic heterocycles. The van der Waals surface area contributed by atoms with Gasteiger partial charge in [-0.05, 0) is 38.5 Å². The quantitative estimate of drug-likeness (QED) is 0.289. The molecule has 30 heavy (non-hydrogen) atoms. The topological polar surface area (TPSA) is 90.1 Å². The number of benzene rings is 1. The molecule has 0 aliphatic carbocycles. The van der Waals surface area contributed by atoms with Gasteiger partial charge < -0.3 is 29.4 Å². The van der Waals surface area contributed by atoms with Crippen LogP contribution < -0.4 is 24.8 Å². The van der Waals surface area contributed by atoms with Gasteiger partial charge in [-0.1, -0.05) is 12.1 Å². The molecule has 0 spiro atoms. The Bertz CT molecular complexity index is 794. The van der Waals surface area contributed by atoms with Crippen LogP contribution in [0.25, 0.3) is 0 Å². The lowest BCUT2D eigenvalue weighted by Gasteiger charge is -2.16. The molecule has 1 heterocycles. The Morgan fingerprint density at radius 3 is 2.20 bits per heavy atom. The highest BCUT2D eigenvalue weighted by Crippen LogP contribution is 2.38. The Morgan fingerprint density at radius 1 is 1.10 bits per heavy atom. The summed E-state index contributed by atoms with van der Waals surface area (Å²) in [5.41, 5.74) is 3.02. The van der Waals surface area contributed by atoms with E-state index in [1.54, 1.807) is 21.3 Å². The molecule has 0 bridgehead atoms. The van der Waals surface area contributed by atoms with Crippen LogP contribution in [0, 0.1) is 13.8 Å². The number of aryl methyl sites for hydroxylation is 2. The van der Waals surface area contributed by atoms with Crippen molar-refractivity contribution in [1.82, 2.24) is 15.8 Å². The van der Waals surface area contributed by atoms with Crippen LogP contribution in [0.5, 0.6) is 17.2 Å². The van der Waals surface area contributed by atoms with Crippen LogP contribution in [0.1, 0.15) is 42.3 Å². The van der Waals surface area contributed by atoms with Gasteiger partial charge >= 0.3 is 0 Å². The van der Waals surface area contributed by atoms with Gasteiger partial charge in [0.2, 0.25) is 5.75 Å². The summed E-state index contributed by atoms with van der Waals surface area (Å²) >= 11 is 0. The monoisotopic (exact) mass is 532 g/mol. The number of rotatable bonds is 9. The Kier molecular flexibility index (Phi) is 10.8. The molecule has 2 aromatic rings. The first-order valence-corrected chi connectivity index (χ1v) is 9.68. The maximum absolute atomic E-state index is 5.42. The lowest BCUT2D eigenvalue weighted by Crippen LogP contribution is -2.39. The van der Waals surface area contributed by atoms with Gasteiger partial charge in [-0.25, -0.2) is 4.99 Å². The van der Waals surface area contributed by atoms with Crippen molar-refractivity contribution in [2.75, 3.05) is 34.4 Å². The lowest BCUT2D eigenvalue weighted by molar-refractivity contribution is 0.324. The number of methoxy groups -OCH3 is 3. The zero-order chi connectivity index (χ0) is 21.4. The van der Waals surface area contributed by atoms with E-state index in [-0.39, 0.29) is 29.9 Å². The highest BCUT2D eigenvalue weighted by atomic mass is 127. The first kappa shape index (κ1) is 25.9. The molecule has 0 fully saturated rings. The molecular formula is C21H33IN4O4. The molecular weight excluding hydrogens is 499 g/mol. The molecule has 2 N–H and O–H groups in total. The van der Waals surface area contributed by atoms with Crippen LogP contribution in [0.15, 0.2) is 21.6 Å². The molecule has 0 radical (unpaired) electrons. The number of hydrogen-bond donors (Lipinski definition) is 2. The van der Waals surface area contributed by atoms with Crippen LogP contribution in [0.4, 0.5) is 0 Å². The first-order valence-electron chi connectivity index (χ1n) is 9.68. The molecule has 1 unspecified atom stereocenters. The molecule has 1 aromatic carbocycles. The van der Waals surface area contributed by atoms with E-state index in [1.165, 1.54) is 0 Å². The van der Waals surface area contributed by atoms with Crippen molar-refractivity contribution < 1.29 is 18.7 Å². The summed E-state index contributed by atoms with van der Waals surface area (Å²) in [4.78, 5) is 4.69. The fourth-order valence-corrected chi connectivity index (χ4v) is 3.28. The number of guanidine groups is 1. The van der Waals surface area contributed by atoms with Crippen LogP contribution in [-0.4, -0.2) is 45.5 Å². The molecule has 0 aliphatic rings. The standard InChI is InChI=1S/C21H32N4O4.HI/c1-8-22-21(23-11-13(2)19-14(3)25-29-15(19)4)24-12-16-9-17(26-5)20(28-7)18(10-16)27-6;/h9-10,13H,8,11-12H2,1-7H3,(H2,22,23,24);1H. The third-order valence-corrected chi connectivity index (χ3v) is 4.65. The average Bonchev–Trinajstić information content (AvgIpc) is 3.06. The first-order chi connectivity index (χ1) is 13.9. The van der Waals surface area contributed by atoms with Gasteiger partial charge in [-0.3, -0.25) is 0 Å². The molecule has 168 valence electrons. The Labute approximate surface area is 195 Å². The smallest absolute Gasteiger partial charge is 0.203 e. The van der Waals surface area contributed by atoms with Gasteiger partial charge in [-0.2, -0.15) is 0 Å². The van der Waals surface area contributed by atoms with Crippen molar-refractivity contribution in [2.45, 2.75) is 40.2 Å². The average molecular weight is 532 g/mol. The number of halogens is 1. The maximum Gasteiger partial charge on any atom is 0.203 e. The number of nitrogens with zero attached hydrogens (tertiary/aromatic N) is 2. The molecule has 0 saturated carbocycles. The van der Waals surface area contributed by atoms with Gasteiger partial charge in [0.25, 0.3) is 0 Å². The van der Waals surface area contributed by atoms with Crippen LogP contribution in [0.3, 0.4) is 0 Å². The fraction of sp³-hybridized carbons (Fsp3) is 0.524. The van der Waals surface area contributed by atoms with E-state index in [0.717, 1.165) is 35.1 Å². The molecule has 8 nitrogen and oxygen atoms in total. The second kappa shape index (κ2) is 12.5. The largest absolute Gasteiger partial charge is 0.493 e. The molecule has 1 atom stereocenters. The maximum atomic E-state index is 5.42. The zero-order valence-electron chi connectivity index (χ0n) is 18.8. The van der Waals surface area contributed by atoms with Crippen molar-refractivity contribution in [1.29, 1.82) is 0 Å². The van der Waals surface area contributed by atoms with Gasteiger partial charge in [0.1, 0.15) is 5.76 Å². The van der Waals surface area contributed by atoms with Crippen molar-refractivity contribution in [3.8, 4) is 17.2 Å². The van der Waals surface area contributed by atoms with Crippen LogP contribution in [-0.2, 0) is 6.54 Å². The third-order valence-electron chi connectivity index (χ3n) is 4.65. The van der Waals surface area contributed by atoms with E-state index in [1.807, 2.05) is 32.9 Å². The summed E-state index contributed by atoms with van der Waals surface area (Å²) in [5.74, 6) is 3.63. The minimum atomic E-state index is 0. The number of aliphatic imine (C=N–C) groups is 1. The van der Waals surface area contributed by atoms with Gasteiger partial charge in [0, 0.05) is 24.6 Å². The number of hydrogen-bond acceptors (Lipinski definition) is 6. The molecule has 0 saturated heterocycles. The Morgan fingerprint density at radius 2 is 1.73 bits per heavy atom. The van der Waals surface area contributed by atoms with E-state index < -0.39 is 0 Å². The fourth-order valence-electron chi connectivity index (χ4n) is 3.28. The molecule has 0 amide bonds. The van der Waals surface area contributed by atoms with Gasteiger partial charge in [-0.15, -0.1) is 24.0 Å². The van der Waals surface area contributed by atoms with Crippen molar-refractivity contribution in [3.63, 3.8) is 0 Å². The zero-order valence-corrected chi connectivity index (χ0v) is 21.1. The summed E-state index contributed by atoms with van der Waals surface area (Å²) in [5, 5.41) is 10.7. The van der Waals surface area contributed by atoms with Gasteiger partial charge in [0.05, 0.1) is 33.6 Å². The Hall–Kier alpha value is -2.17. The summed E-state index contributed by atoms with van der Waals surface area (Å²) in [6, 6.07) is 3.81.